The molecule has 3 aromatic carbocycles. The standard InChI is InChI=1S/C32H33N5O4S/c1-4-27(30(39)34-22-12-9-10-20(2)18-22)42-32-36-24-14-7-6-13-23(24)29-35-25(31(40)37(29)32)16-17-28(38)33-19-21-11-5-8-15-26(21)41-3/h5-15,18,25,27H,4,16-17,19H2,1-3H3,(H,33,38)(H,34,39)/t25-,27-/m0/s1. The fourth-order valence-corrected chi connectivity index (χ4v) is 5.88. The molecule has 3 aromatic rings. The molecular weight excluding hydrogens is 550 g/mol. The van der Waals surface area contributed by atoms with Crippen molar-refractivity contribution in [3.8, 4) is 5.75 Å². The Hall–Kier alpha value is -4.44. The van der Waals surface area contributed by atoms with E-state index in [4.69, 9.17) is 14.7 Å². The second-order valence-corrected chi connectivity index (χ2v) is 11.2. The fraction of sp³-hybridized carbons (Fsp3) is 0.281. The number of ether oxygens (including phenoxy) is 1. The highest BCUT2D eigenvalue weighted by Crippen LogP contribution is 2.36. The molecule has 0 radical (unpaired) electrons. The van der Waals surface area contributed by atoms with Crippen LogP contribution in [0, 0.1) is 6.92 Å². The zero-order valence-electron chi connectivity index (χ0n) is 23.8. The van der Waals surface area contributed by atoms with Crippen LogP contribution in [0.1, 0.15) is 42.9 Å². The van der Waals surface area contributed by atoms with Gasteiger partial charge in [0.25, 0.3) is 5.91 Å². The van der Waals surface area contributed by atoms with E-state index in [-0.39, 0.29) is 30.6 Å². The minimum Gasteiger partial charge on any atom is -0.496 e. The maximum Gasteiger partial charge on any atom is 0.259 e. The number of carbonyl (C=O) groups excluding carboxylic acids is 3. The number of hydrogen-bond acceptors (Lipinski definition) is 7. The second-order valence-electron chi connectivity index (χ2n) is 10.1. The number of methoxy groups -OCH3 is 1. The van der Waals surface area contributed by atoms with E-state index in [2.05, 4.69) is 10.6 Å². The summed E-state index contributed by atoms with van der Waals surface area (Å²) in [4.78, 5) is 50.6. The molecule has 216 valence electrons. The van der Waals surface area contributed by atoms with Gasteiger partial charge in [-0.05, 0) is 55.7 Å². The Balaban J connectivity index is 1.28. The molecule has 5 rings (SSSR count). The minimum atomic E-state index is -0.727. The van der Waals surface area contributed by atoms with E-state index in [9.17, 15) is 14.4 Å². The summed E-state index contributed by atoms with van der Waals surface area (Å²) in [6, 6.07) is 21.9. The molecule has 2 aliphatic heterocycles. The van der Waals surface area contributed by atoms with Crippen molar-refractivity contribution in [1.29, 1.82) is 0 Å². The molecule has 2 heterocycles. The molecule has 2 aliphatic rings. The molecule has 0 bridgehead atoms. The van der Waals surface area contributed by atoms with Crippen LogP contribution in [0.25, 0.3) is 0 Å². The van der Waals surface area contributed by atoms with E-state index in [1.54, 1.807) is 7.11 Å². The Morgan fingerprint density at radius 3 is 2.64 bits per heavy atom. The van der Waals surface area contributed by atoms with Crippen LogP contribution in [0.4, 0.5) is 11.4 Å². The maximum absolute atomic E-state index is 13.7. The summed E-state index contributed by atoms with van der Waals surface area (Å²) in [5.74, 6) is 0.607. The number of nitrogens with zero attached hydrogens (tertiary/aromatic N) is 3. The van der Waals surface area contributed by atoms with Crippen molar-refractivity contribution >= 4 is 51.9 Å². The third-order valence-electron chi connectivity index (χ3n) is 7.06. The maximum atomic E-state index is 13.7. The molecule has 0 saturated heterocycles. The van der Waals surface area contributed by atoms with Gasteiger partial charge in [0, 0.05) is 29.8 Å². The molecule has 42 heavy (non-hydrogen) atoms. The molecule has 0 fully saturated rings. The quantitative estimate of drug-likeness (QED) is 0.340. The van der Waals surface area contributed by atoms with Gasteiger partial charge in [-0.25, -0.2) is 9.89 Å². The summed E-state index contributed by atoms with van der Waals surface area (Å²) in [6.07, 6.45) is 0.920. The van der Waals surface area contributed by atoms with Crippen LogP contribution in [-0.4, -0.2) is 52.0 Å². The second kappa shape index (κ2) is 13.0. The number of para-hydroxylation sites is 2. The minimum absolute atomic E-state index is 0.133. The van der Waals surface area contributed by atoms with Gasteiger partial charge >= 0.3 is 0 Å². The van der Waals surface area contributed by atoms with Crippen molar-refractivity contribution in [2.24, 2.45) is 9.98 Å². The van der Waals surface area contributed by atoms with Crippen molar-refractivity contribution < 1.29 is 19.1 Å². The highest BCUT2D eigenvalue weighted by atomic mass is 32.2. The van der Waals surface area contributed by atoms with Crippen molar-refractivity contribution in [1.82, 2.24) is 10.2 Å². The van der Waals surface area contributed by atoms with Crippen LogP contribution in [-0.2, 0) is 20.9 Å². The normalized spacial score (nSPS) is 16.1. The fourth-order valence-electron chi connectivity index (χ4n) is 4.86. The Morgan fingerprint density at radius 2 is 1.86 bits per heavy atom. The average Bonchev–Trinajstić information content (AvgIpc) is 3.34. The summed E-state index contributed by atoms with van der Waals surface area (Å²) in [5.41, 5.74) is 4.07. The molecule has 0 unspecified atom stereocenters. The Kier molecular flexibility index (Phi) is 9.02. The summed E-state index contributed by atoms with van der Waals surface area (Å²) in [7, 11) is 1.59. The van der Waals surface area contributed by atoms with Crippen LogP contribution >= 0.6 is 11.8 Å². The van der Waals surface area contributed by atoms with E-state index in [1.807, 2.05) is 86.6 Å². The van der Waals surface area contributed by atoms with Crippen LogP contribution in [0.2, 0.25) is 0 Å². The van der Waals surface area contributed by atoms with Crippen molar-refractivity contribution in [2.75, 3.05) is 12.4 Å². The summed E-state index contributed by atoms with van der Waals surface area (Å²) >= 11 is 1.25. The smallest absolute Gasteiger partial charge is 0.259 e. The molecule has 2 atom stereocenters. The Bertz CT molecular complexity index is 1570. The molecule has 0 aliphatic carbocycles. The van der Waals surface area contributed by atoms with Gasteiger partial charge in [0.15, 0.2) is 5.17 Å². The van der Waals surface area contributed by atoms with Gasteiger partial charge in [-0.2, -0.15) is 0 Å². The first-order chi connectivity index (χ1) is 20.4. The van der Waals surface area contributed by atoms with Gasteiger partial charge in [-0.3, -0.25) is 19.4 Å². The van der Waals surface area contributed by atoms with Crippen LogP contribution in [0.5, 0.6) is 5.75 Å². The van der Waals surface area contributed by atoms with E-state index in [0.717, 1.165) is 22.4 Å². The molecule has 2 N–H and O–H groups in total. The third kappa shape index (κ3) is 6.38. The number of benzene rings is 3. The number of anilines is 1. The number of fused-ring (bicyclic) bond motifs is 3. The van der Waals surface area contributed by atoms with Crippen molar-refractivity contribution in [2.45, 2.75) is 50.9 Å². The lowest BCUT2D eigenvalue weighted by atomic mass is 10.1. The van der Waals surface area contributed by atoms with E-state index in [0.29, 0.717) is 35.4 Å². The van der Waals surface area contributed by atoms with Gasteiger partial charge in [-0.1, -0.05) is 61.2 Å². The zero-order valence-corrected chi connectivity index (χ0v) is 24.6. The number of aryl methyl sites for hydroxylation is 1. The topological polar surface area (TPSA) is 112 Å². The largest absolute Gasteiger partial charge is 0.496 e. The molecular formula is C32H33N5O4S. The van der Waals surface area contributed by atoms with E-state index in [1.165, 1.54) is 16.7 Å². The summed E-state index contributed by atoms with van der Waals surface area (Å²) in [5, 5.41) is 5.82. The highest BCUT2D eigenvalue weighted by Gasteiger charge is 2.42. The first kappa shape index (κ1) is 29.1. The number of amidine groups is 2. The van der Waals surface area contributed by atoms with Gasteiger partial charge in [-0.15, -0.1) is 0 Å². The summed E-state index contributed by atoms with van der Waals surface area (Å²) < 4.78 is 5.35. The average molecular weight is 584 g/mol. The number of hydrogen-bond donors (Lipinski definition) is 2. The number of thioether (sulfide) groups is 1. The van der Waals surface area contributed by atoms with Crippen molar-refractivity contribution in [3.05, 3.63) is 89.5 Å². The van der Waals surface area contributed by atoms with Crippen LogP contribution < -0.4 is 15.4 Å². The van der Waals surface area contributed by atoms with Gasteiger partial charge in [0.05, 0.1) is 18.0 Å². The number of amides is 3. The number of nitrogens with one attached hydrogen (secondary N) is 2. The molecule has 0 aromatic heterocycles. The van der Waals surface area contributed by atoms with Gasteiger partial charge in [0.1, 0.15) is 17.6 Å². The lowest BCUT2D eigenvalue weighted by molar-refractivity contribution is -0.125. The van der Waals surface area contributed by atoms with Crippen LogP contribution in [0.3, 0.4) is 0 Å². The molecule has 0 spiro atoms. The number of aliphatic imine (C=N–C) groups is 2. The van der Waals surface area contributed by atoms with E-state index >= 15 is 0 Å². The zero-order chi connectivity index (χ0) is 29.6. The Morgan fingerprint density at radius 1 is 1.07 bits per heavy atom. The molecule has 9 nitrogen and oxygen atoms in total. The number of rotatable bonds is 10. The molecule has 3 amide bonds. The molecule has 0 saturated carbocycles. The monoisotopic (exact) mass is 583 g/mol. The predicted octanol–water partition coefficient (Wildman–Crippen LogP) is 5.21. The van der Waals surface area contributed by atoms with Crippen LogP contribution in [0.15, 0.2) is 82.8 Å². The lowest BCUT2D eigenvalue weighted by Gasteiger charge is -2.27. The first-order valence-electron chi connectivity index (χ1n) is 13.9. The first-order valence-corrected chi connectivity index (χ1v) is 14.8. The molecule has 10 heteroatoms. The highest BCUT2D eigenvalue weighted by molar-refractivity contribution is 8.15. The number of carbonyl (C=O) groups is 3. The van der Waals surface area contributed by atoms with Gasteiger partial charge in [0.2, 0.25) is 11.8 Å². The van der Waals surface area contributed by atoms with Gasteiger partial charge < -0.3 is 15.4 Å². The lowest BCUT2D eigenvalue weighted by Crippen LogP contribution is -2.42. The predicted molar refractivity (Wildman–Crippen MR) is 166 cm³/mol. The Labute approximate surface area is 249 Å². The SMILES string of the molecule is CC[C@H](SC1=Nc2ccccc2C2=N[C@@H](CCC(=O)NCc3ccccc3OC)C(=O)N12)C(=O)Nc1cccc(C)c1. The summed E-state index contributed by atoms with van der Waals surface area (Å²) in [6.45, 7) is 4.22. The van der Waals surface area contributed by atoms with Crippen molar-refractivity contribution in [3.63, 3.8) is 0 Å². The third-order valence-corrected chi connectivity index (χ3v) is 8.37. The van der Waals surface area contributed by atoms with E-state index < -0.39 is 11.3 Å².